The average molecular weight is 228 g/mol. The molecule has 0 spiro atoms. The molecule has 3 nitrogen and oxygen atoms in total. The van der Waals surface area contributed by atoms with Gasteiger partial charge in [0.1, 0.15) is 5.75 Å². The van der Waals surface area contributed by atoms with Gasteiger partial charge >= 0.3 is 0 Å². The van der Waals surface area contributed by atoms with Crippen LogP contribution in [0.2, 0.25) is 5.02 Å². The number of hydrogen-bond acceptors (Lipinski definition) is 3. The summed E-state index contributed by atoms with van der Waals surface area (Å²) >= 11 is 5.90. The maximum Gasteiger partial charge on any atom is 0.180 e. The number of rotatable bonds is 4. The Morgan fingerprint density at radius 1 is 1.53 bits per heavy atom. The van der Waals surface area contributed by atoms with Crippen molar-refractivity contribution in [2.75, 3.05) is 20.7 Å². The van der Waals surface area contributed by atoms with E-state index in [1.165, 1.54) is 0 Å². The first-order valence-corrected chi connectivity index (χ1v) is 5.00. The first kappa shape index (κ1) is 12.0. The van der Waals surface area contributed by atoms with Crippen LogP contribution in [0.25, 0.3) is 0 Å². The Bertz CT molecular complexity index is 377. The molecular formula is C11H14ClNO2. The fourth-order valence-corrected chi connectivity index (χ4v) is 1.74. The number of Topliss-reactive ketones (excluding diaryl/α,β-unsaturated/α-hetero) is 1. The van der Waals surface area contributed by atoms with Gasteiger partial charge in [0.05, 0.1) is 19.2 Å². The standard InChI is InChI=1S/C11H14ClNO2/c1-7-4-8(12)5-9(11(7)15-3)10(14)6-13-2/h4-5,13H,6H2,1-3H3. The number of benzene rings is 1. The molecule has 0 aromatic heterocycles. The fourth-order valence-electron chi connectivity index (χ4n) is 1.46. The Kier molecular flexibility index (Phi) is 4.12. The van der Waals surface area contributed by atoms with E-state index in [1.807, 2.05) is 6.92 Å². The summed E-state index contributed by atoms with van der Waals surface area (Å²) in [5, 5.41) is 3.36. The van der Waals surface area contributed by atoms with Crippen LogP contribution in [0.5, 0.6) is 5.75 Å². The lowest BCUT2D eigenvalue weighted by atomic mass is 10.1. The highest BCUT2D eigenvalue weighted by molar-refractivity contribution is 6.31. The van der Waals surface area contributed by atoms with E-state index in [0.29, 0.717) is 16.3 Å². The van der Waals surface area contributed by atoms with Crippen molar-refractivity contribution in [3.63, 3.8) is 0 Å². The molecule has 1 aromatic rings. The highest BCUT2D eigenvalue weighted by atomic mass is 35.5. The van der Waals surface area contributed by atoms with Crippen LogP contribution in [0, 0.1) is 6.92 Å². The number of methoxy groups -OCH3 is 1. The molecule has 4 heteroatoms. The van der Waals surface area contributed by atoms with Crippen molar-refractivity contribution in [3.05, 3.63) is 28.3 Å². The van der Waals surface area contributed by atoms with Gasteiger partial charge in [0, 0.05) is 5.02 Å². The van der Waals surface area contributed by atoms with E-state index in [-0.39, 0.29) is 12.3 Å². The lowest BCUT2D eigenvalue weighted by Crippen LogP contribution is -2.19. The number of aryl methyl sites for hydroxylation is 1. The van der Waals surface area contributed by atoms with Gasteiger partial charge in [-0.15, -0.1) is 0 Å². The Balaban J connectivity index is 3.20. The number of hydrogen-bond donors (Lipinski definition) is 1. The Morgan fingerprint density at radius 3 is 2.73 bits per heavy atom. The van der Waals surface area contributed by atoms with Crippen LogP contribution in [0.1, 0.15) is 15.9 Å². The van der Waals surface area contributed by atoms with Crippen LogP contribution in [0.4, 0.5) is 0 Å². The molecule has 0 bridgehead atoms. The molecule has 0 unspecified atom stereocenters. The van der Waals surface area contributed by atoms with Crippen LogP contribution in [0.3, 0.4) is 0 Å². The molecule has 0 saturated carbocycles. The second-order valence-corrected chi connectivity index (χ2v) is 3.69. The number of ether oxygens (including phenoxy) is 1. The highest BCUT2D eigenvalue weighted by Gasteiger charge is 2.14. The third-order valence-corrected chi connectivity index (χ3v) is 2.30. The van der Waals surface area contributed by atoms with Crippen LogP contribution in [-0.2, 0) is 0 Å². The van der Waals surface area contributed by atoms with E-state index in [1.54, 1.807) is 26.3 Å². The van der Waals surface area contributed by atoms with Gasteiger partial charge in [-0.05, 0) is 31.7 Å². The van der Waals surface area contributed by atoms with Crippen molar-refractivity contribution in [3.8, 4) is 5.75 Å². The summed E-state index contributed by atoms with van der Waals surface area (Å²) in [6, 6.07) is 3.41. The molecule has 0 heterocycles. The van der Waals surface area contributed by atoms with Gasteiger partial charge in [0.2, 0.25) is 0 Å². The van der Waals surface area contributed by atoms with Gasteiger partial charge in [0.25, 0.3) is 0 Å². The maximum atomic E-state index is 11.7. The predicted molar refractivity (Wildman–Crippen MR) is 61.0 cm³/mol. The van der Waals surface area contributed by atoms with Crippen molar-refractivity contribution in [2.45, 2.75) is 6.92 Å². The van der Waals surface area contributed by atoms with E-state index in [2.05, 4.69) is 5.32 Å². The molecule has 0 aliphatic heterocycles. The van der Waals surface area contributed by atoms with E-state index in [9.17, 15) is 4.79 Å². The Hall–Kier alpha value is -1.06. The minimum atomic E-state index is -0.0278. The molecule has 15 heavy (non-hydrogen) atoms. The van der Waals surface area contributed by atoms with E-state index in [4.69, 9.17) is 16.3 Å². The number of halogens is 1. The van der Waals surface area contributed by atoms with Crippen molar-refractivity contribution in [2.24, 2.45) is 0 Å². The largest absolute Gasteiger partial charge is 0.496 e. The number of carbonyl (C=O) groups is 1. The van der Waals surface area contributed by atoms with Crippen LogP contribution < -0.4 is 10.1 Å². The normalized spacial score (nSPS) is 10.1. The topological polar surface area (TPSA) is 38.3 Å². The summed E-state index contributed by atoms with van der Waals surface area (Å²) in [4.78, 5) is 11.7. The maximum absolute atomic E-state index is 11.7. The second kappa shape index (κ2) is 5.14. The third-order valence-electron chi connectivity index (χ3n) is 2.08. The predicted octanol–water partition coefficient (Wildman–Crippen LogP) is 2.06. The zero-order valence-electron chi connectivity index (χ0n) is 9.06. The molecule has 0 saturated heterocycles. The molecule has 1 rings (SSSR count). The van der Waals surface area contributed by atoms with Crippen molar-refractivity contribution >= 4 is 17.4 Å². The number of carbonyl (C=O) groups excluding carboxylic acids is 1. The quantitative estimate of drug-likeness (QED) is 0.801. The molecule has 0 aliphatic carbocycles. The van der Waals surface area contributed by atoms with E-state index in [0.717, 1.165) is 5.56 Å². The van der Waals surface area contributed by atoms with Crippen molar-refractivity contribution < 1.29 is 9.53 Å². The first-order valence-electron chi connectivity index (χ1n) is 4.62. The summed E-state index contributed by atoms with van der Waals surface area (Å²) in [5.41, 5.74) is 1.39. The van der Waals surface area contributed by atoms with E-state index < -0.39 is 0 Å². The molecule has 82 valence electrons. The number of ketones is 1. The van der Waals surface area contributed by atoms with Gasteiger partial charge in [-0.3, -0.25) is 4.79 Å². The fraction of sp³-hybridized carbons (Fsp3) is 0.364. The monoisotopic (exact) mass is 227 g/mol. The van der Waals surface area contributed by atoms with Gasteiger partial charge in [-0.25, -0.2) is 0 Å². The Labute approximate surface area is 94.4 Å². The molecule has 0 fully saturated rings. The van der Waals surface area contributed by atoms with Crippen molar-refractivity contribution in [1.82, 2.24) is 5.32 Å². The van der Waals surface area contributed by atoms with Crippen LogP contribution >= 0.6 is 11.6 Å². The average Bonchev–Trinajstić information content (AvgIpc) is 2.17. The molecule has 0 amide bonds. The molecule has 1 N–H and O–H groups in total. The zero-order valence-corrected chi connectivity index (χ0v) is 9.81. The molecule has 0 aliphatic rings. The van der Waals surface area contributed by atoms with Gasteiger partial charge in [0.15, 0.2) is 5.78 Å². The second-order valence-electron chi connectivity index (χ2n) is 3.26. The summed E-state index contributed by atoms with van der Waals surface area (Å²) in [6.07, 6.45) is 0. The summed E-state index contributed by atoms with van der Waals surface area (Å²) in [5.74, 6) is 0.569. The van der Waals surface area contributed by atoms with Crippen LogP contribution in [0.15, 0.2) is 12.1 Å². The zero-order chi connectivity index (χ0) is 11.4. The van der Waals surface area contributed by atoms with Crippen molar-refractivity contribution in [1.29, 1.82) is 0 Å². The summed E-state index contributed by atoms with van der Waals surface area (Å²) < 4.78 is 5.19. The molecule has 1 aromatic carbocycles. The van der Waals surface area contributed by atoms with Crippen LogP contribution in [-0.4, -0.2) is 26.5 Å². The SMILES string of the molecule is CNCC(=O)c1cc(Cl)cc(C)c1OC. The smallest absolute Gasteiger partial charge is 0.180 e. The first-order chi connectivity index (χ1) is 7.10. The van der Waals surface area contributed by atoms with Gasteiger partial charge in [-0.1, -0.05) is 11.6 Å². The highest BCUT2D eigenvalue weighted by Crippen LogP contribution is 2.27. The summed E-state index contributed by atoms with van der Waals surface area (Å²) in [6.45, 7) is 2.14. The lowest BCUT2D eigenvalue weighted by Gasteiger charge is -2.11. The number of likely N-dealkylation sites (N-methyl/N-ethyl adjacent to an activating group) is 1. The lowest BCUT2D eigenvalue weighted by molar-refractivity contribution is 0.0990. The molecule has 0 atom stereocenters. The molecular weight excluding hydrogens is 214 g/mol. The molecule has 0 radical (unpaired) electrons. The van der Waals surface area contributed by atoms with Gasteiger partial charge < -0.3 is 10.1 Å². The Morgan fingerprint density at radius 2 is 2.20 bits per heavy atom. The minimum Gasteiger partial charge on any atom is -0.496 e. The summed E-state index contributed by atoms with van der Waals surface area (Å²) in [7, 11) is 3.27. The minimum absolute atomic E-state index is 0.0278. The number of nitrogens with one attached hydrogen (secondary N) is 1. The van der Waals surface area contributed by atoms with Gasteiger partial charge in [-0.2, -0.15) is 0 Å². The third kappa shape index (κ3) is 2.70. The van der Waals surface area contributed by atoms with E-state index >= 15 is 0 Å².